The Bertz CT molecular complexity index is 1130. The van der Waals surface area contributed by atoms with Crippen molar-refractivity contribution in [2.45, 2.75) is 19.4 Å². The predicted octanol–water partition coefficient (Wildman–Crippen LogP) is 5.30. The van der Waals surface area contributed by atoms with E-state index in [0.29, 0.717) is 5.56 Å². The van der Waals surface area contributed by atoms with Gasteiger partial charge in [0.2, 0.25) is 5.91 Å². The summed E-state index contributed by atoms with van der Waals surface area (Å²) in [7, 11) is 0. The van der Waals surface area contributed by atoms with E-state index in [0.717, 1.165) is 27.5 Å². The molecule has 0 radical (unpaired) electrons. The Morgan fingerprint density at radius 2 is 1.55 bits per heavy atom. The summed E-state index contributed by atoms with van der Waals surface area (Å²) >= 11 is 0. The molecule has 0 aliphatic carbocycles. The van der Waals surface area contributed by atoms with Crippen molar-refractivity contribution in [1.29, 1.82) is 0 Å². The van der Waals surface area contributed by atoms with Crippen LogP contribution >= 0.6 is 0 Å². The molecule has 0 aromatic heterocycles. The van der Waals surface area contributed by atoms with Crippen molar-refractivity contribution < 1.29 is 9.90 Å². The van der Waals surface area contributed by atoms with Gasteiger partial charge in [0.15, 0.2) is 0 Å². The monoisotopic (exact) mass is 381 g/mol. The predicted molar refractivity (Wildman–Crippen MR) is 117 cm³/mol. The first-order valence-corrected chi connectivity index (χ1v) is 9.72. The molecule has 1 atom stereocenters. The number of benzene rings is 4. The van der Waals surface area contributed by atoms with Crippen LogP contribution in [0.2, 0.25) is 0 Å². The van der Waals surface area contributed by atoms with Crippen LogP contribution in [-0.2, 0) is 11.2 Å². The number of amides is 1. The van der Waals surface area contributed by atoms with Crippen LogP contribution in [0.25, 0.3) is 10.8 Å². The minimum atomic E-state index is -0.446. The molecule has 4 aromatic rings. The number of carbonyl (C=O) groups excluding carboxylic acids is 1. The number of hydrogen-bond acceptors (Lipinski definition) is 2. The largest absolute Gasteiger partial charge is 0.508 e. The van der Waals surface area contributed by atoms with Crippen molar-refractivity contribution in [2.75, 3.05) is 0 Å². The zero-order valence-corrected chi connectivity index (χ0v) is 16.3. The molecule has 0 spiro atoms. The number of rotatable bonds is 5. The fraction of sp³-hybridized carbons (Fsp3) is 0.115. The second-order valence-electron chi connectivity index (χ2n) is 7.29. The van der Waals surface area contributed by atoms with Gasteiger partial charge in [-0.2, -0.15) is 0 Å². The molecule has 2 N–H and O–H groups in total. The molecule has 3 heteroatoms. The minimum absolute atomic E-state index is 0.0888. The Balaban J connectivity index is 1.76. The lowest BCUT2D eigenvalue weighted by atomic mass is 9.92. The molecule has 4 rings (SSSR count). The van der Waals surface area contributed by atoms with Crippen LogP contribution in [0.5, 0.6) is 5.75 Å². The SMILES string of the molecule is Cc1ccc([C@H](NC(=O)Cc2ccccc2)c2c(O)ccc3ccccc23)cc1. The summed E-state index contributed by atoms with van der Waals surface area (Å²) in [6.07, 6.45) is 0.286. The van der Waals surface area contributed by atoms with Gasteiger partial charge >= 0.3 is 0 Å². The fourth-order valence-electron chi connectivity index (χ4n) is 3.66. The zero-order valence-electron chi connectivity index (χ0n) is 16.3. The molecule has 0 heterocycles. The lowest BCUT2D eigenvalue weighted by molar-refractivity contribution is -0.120. The van der Waals surface area contributed by atoms with Crippen LogP contribution in [0.3, 0.4) is 0 Å². The van der Waals surface area contributed by atoms with Crippen LogP contribution in [-0.4, -0.2) is 11.0 Å². The van der Waals surface area contributed by atoms with E-state index in [1.807, 2.05) is 91.9 Å². The zero-order chi connectivity index (χ0) is 20.2. The molecule has 1 amide bonds. The normalized spacial score (nSPS) is 11.9. The highest BCUT2D eigenvalue weighted by Gasteiger charge is 2.22. The topological polar surface area (TPSA) is 49.3 Å². The van der Waals surface area contributed by atoms with E-state index in [4.69, 9.17) is 0 Å². The third kappa shape index (κ3) is 4.14. The van der Waals surface area contributed by atoms with Gasteiger partial charge in [0.1, 0.15) is 5.75 Å². The molecular formula is C26H23NO2. The molecule has 29 heavy (non-hydrogen) atoms. The van der Waals surface area contributed by atoms with Gasteiger partial charge in [-0.25, -0.2) is 0 Å². The number of nitrogens with one attached hydrogen (secondary N) is 1. The van der Waals surface area contributed by atoms with Gasteiger partial charge in [0.05, 0.1) is 12.5 Å². The van der Waals surface area contributed by atoms with Crippen molar-refractivity contribution in [3.63, 3.8) is 0 Å². The maximum Gasteiger partial charge on any atom is 0.225 e. The Labute approximate surface area is 170 Å². The van der Waals surface area contributed by atoms with Gasteiger partial charge in [0, 0.05) is 5.56 Å². The van der Waals surface area contributed by atoms with Crippen LogP contribution in [0.1, 0.15) is 28.3 Å². The Hall–Kier alpha value is -3.59. The van der Waals surface area contributed by atoms with Crippen molar-refractivity contribution in [3.05, 3.63) is 113 Å². The second kappa shape index (κ2) is 8.19. The van der Waals surface area contributed by atoms with Crippen molar-refractivity contribution in [2.24, 2.45) is 0 Å². The quantitative estimate of drug-likeness (QED) is 0.493. The molecule has 0 fully saturated rings. The molecule has 0 aliphatic heterocycles. The van der Waals surface area contributed by atoms with Crippen LogP contribution < -0.4 is 5.32 Å². The molecule has 0 unspecified atom stereocenters. The molecule has 0 saturated heterocycles. The van der Waals surface area contributed by atoms with Gasteiger partial charge in [-0.1, -0.05) is 90.5 Å². The Morgan fingerprint density at radius 3 is 2.31 bits per heavy atom. The standard InChI is InChI=1S/C26H23NO2/c1-18-11-13-21(14-12-18)26(27-24(29)17-19-7-3-2-4-8-19)25-22-10-6-5-9-20(22)15-16-23(25)28/h2-16,26,28H,17H2,1H3,(H,27,29)/t26-/m0/s1. The first kappa shape index (κ1) is 18.8. The molecule has 0 saturated carbocycles. The molecule has 144 valence electrons. The van der Waals surface area contributed by atoms with Gasteiger partial charge in [-0.3, -0.25) is 4.79 Å². The lowest BCUT2D eigenvalue weighted by Crippen LogP contribution is -2.30. The van der Waals surface area contributed by atoms with E-state index in [9.17, 15) is 9.90 Å². The second-order valence-corrected chi connectivity index (χ2v) is 7.29. The van der Waals surface area contributed by atoms with E-state index >= 15 is 0 Å². The van der Waals surface area contributed by atoms with Crippen LogP contribution in [0, 0.1) is 6.92 Å². The number of carbonyl (C=O) groups is 1. The smallest absolute Gasteiger partial charge is 0.225 e. The summed E-state index contributed by atoms with van der Waals surface area (Å²) in [5, 5.41) is 15.8. The van der Waals surface area contributed by atoms with Gasteiger partial charge < -0.3 is 10.4 Å². The summed E-state index contributed by atoms with van der Waals surface area (Å²) in [6, 6.07) is 28.8. The Morgan fingerprint density at radius 1 is 0.862 bits per heavy atom. The van der Waals surface area contributed by atoms with Crippen LogP contribution in [0.4, 0.5) is 0 Å². The van der Waals surface area contributed by atoms with E-state index in [2.05, 4.69) is 5.32 Å². The third-order valence-corrected chi connectivity index (χ3v) is 5.16. The number of fused-ring (bicyclic) bond motifs is 1. The highest BCUT2D eigenvalue weighted by molar-refractivity contribution is 5.89. The van der Waals surface area contributed by atoms with Crippen molar-refractivity contribution in [1.82, 2.24) is 5.32 Å². The summed E-state index contributed by atoms with van der Waals surface area (Å²) < 4.78 is 0. The summed E-state index contributed by atoms with van der Waals surface area (Å²) in [5.41, 5.74) is 3.75. The number of aromatic hydroxyl groups is 1. The summed E-state index contributed by atoms with van der Waals surface area (Å²) in [4.78, 5) is 12.9. The van der Waals surface area contributed by atoms with Crippen LogP contribution in [0.15, 0.2) is 91.0 Å². The molecule has 0 bridgehead atoms. The minimum Gasteiger partial charge on any atom is -0.508 e. The van der Waals surface area contributed by atoms with E-state index in [1.54, 1.807) is 6.07 Å². The van der Waals surface area contributed by atoms with Crippen molar-refractivity contribution in [3.8, 4) is 5.75 Å². The number of phenolic OH excluding ortho intramolecular Hbond substituents is 1. The van der Waals surface area contributed by atoms with E-state index < -0.39 is 6.04 Å². The van der Waals surface area contributed by atoms with Gasteiger partial charge in [0.25, 0.3) is 0 Å². The number of phenols is 1. The fourth-order valence-corrected chi connectivity index (χ4v) is 3.66. The first-order valence-electron chi connectivity index (χ1n) is 9.72. The first-order chi connectivity index (χ1) is 14.1. The van der Waals surface area contributed by atoms with E-state index in [1.165, 1.54) is 0 Å². The number of aryl methyl sites for hydroxylation is 1. The molecular weight excluding hydrogens is 358 g/mol. The average molecular weight is 381 g/mol. The molecule has 3 nitrogen and oxygen atoms in total. The molecule has 4 aromatic carbocycles. The highest BCUT2D eigenvalue weighted by Crippen LogP contribution is 2.36. The number of hydrogen-bond donors (Lipinski definition) is 2. The Kier molecular flexibility index (Phi) is 5.30. The summed E-state index contributed by atoms with van der Waals surface area (Å²) in [5.74, 6) is 0.0865. The third-order valence-electron chi connectivity index (χ3n) is 5.16. The maximum atomic E-state index is 12.9. The maximum absolute atomic E-state index is 12.9. The lowest BCUT2D eigenvalue weighted by Gasteiger charge is -2.23. The highest BCUT2D eigenvalue weighted by atomic mass is 16.3. The van der Waals surface area contributed by atoms with Gasteiger partial charge in [-0.15, -0.1) is 0 Å². The average Bonchev–Trinajstić information content (AvgIpc) is 2.74. The van der Waals surface area contributed by atoms with E-state index in [-0.39, 0.29) is 18.1 Å². The summed E-state index contributed by atoms with van der Waals surface area (Å²) in [6.45, 7) is 2.03. The van der Waals surface area contributed by atoms with Gasteiger partial charge in [-0.05, 0) is 34.9 Å². The molecule has 0 aliphatic rings. The van der Waals surface area contributed by atoms with Crippen molar-refractivity contribution >= 4 is 16.7 Å².